The van der Waals surface area contributed by atoms with Crippen LogP contribution in [-0.4, -0.2) is 58.0 Å². The predicted octanol–water partition coefficient (Wildman–Crippen LogP) is 5.14. The third-order valence-corrected chi connectivity index (χ3v) is 7.74. The number of aryl methyl sites for hydroxylation is 2. The van der Waals surface area contributed by atoms with E-state index in [0.717, 1.165) is 32.7 Å². The van der Waals surface area contributed by atoms with Crippen LogP contribution in [0.2, 0.25) is 0 Å². The number of nitrogens with zero attached hydrogens (tertiary/aromatic N) is 8. The number of benzene rings is 3. The molecule has 0 saturated heterocycles. The fourth-order valence-electron chi connectivity index (χ4n) is 5.42. The Labute approximate surface area is 274 Å². The second kappa shape index (κ2) is 14.0. The molecule has 6 rings (SSSR count). The Morgan fingerprint density at radius 1 is 0.958 bits per heavy atom. The highest BCUT2D eigenvalue weighted by Crippen LogP contribution is 2.32. The third-order valence-electron chi connectivity index (χ3n) is 7.74. The van der Waals surface area contributed by atoms with Crippen molar-refractivity contribution in [2.75, 3.05) is 4.90 Å². The number of rotatable bonds is 10. The smallest absolute Gasteiger partial charge is 0.407 e. The number of amides is 1. The Hall–Kier alpha value is -5.61. The standard InChI is InChI=1S/C33H32N8O7/c1-20-26-16-17-30(42)39(32(26)35-21(2)34-20)18-23-12-14-24(15-13-23)27-9-5-6-10-28(27)31-36-38-40(37-31)22(3)47-33(43)48-29-11-7-4-8-25(29)19-46-41(44)45/h4-15,22,44-45H,16-19H2,1-3H3. The molecule has 1 atom stereocenters. The Morgan fingerprint density at radius 2 is 1.69 bits per heavy atom. The zero-order valence-electron chi connectivity index (χ0n) is 26.3. The molecule has 48 heavy (non-hydrogen) atoms. The highest BCUT2D eigenvalue weighted by atomic mass is 17.1. The topological polar surface area (TPSA) is 178 Å². The molecule has 0 fully saturated rings. The number of aromatic nitrogens is 6. The van der Waals surface area contributed by atoms with Crippen LogP contribution in [0.25, 0.3) is 22.5 Å². The van der Waals surface area contributed by atoms with Crippen molar-refractivity contribution in [3.8, 4) is 28.3 Å². The van der Waals surface area contributed by atoms with Crippen LogP contribution in [0.5, 0.6) is 5.75 Å². The van der Waals surface area contributed by atoms with Gasteiger partial charge in [-0.25, -0.2) is 19.6 Å². The molecular weight excluding hydrogens is 620 g/mol. The van der Waals surface area contributed by atoms with Gasteiger partial charge < -0.3 is 9.47 Å². The fraction of sp³-hybridized carbons (Fsp3) is 0.242. The van der Waals surface area contributed by atoms with Crippen LogP contribution in [0.4, 0.5) is 10.6 Å². The highest BCUT2D eigenvalue weighted by Gasteiger charge is 2.28. The van der Waals surface area contributed by atoms with Gasteiger partial charge in [0.05, 0.1) is 11.9 Å². The van der Waals surface area contributed by atoms with Crippen LogP contribution in [0.15, 0.2) is 72.8 Å². The summed E-state index contributed by atoms with van der Waals surface area (Å²) in [5, 5.41) is 29.9. The minimum Gasteiger partial charge on any atom is -0.407 e. The SMILES string of the molecule is Cc1nc(C)c2c(n1)N(Cc1ccc(-c3ccccc3-c3nnn(C(C)OC(=O)Oc4ccccc4CON(O)O)n3)cc1)C(=O)CC2. The van der Waals surface area contributed by atoms with Gasteiger partial charge in [-0.2, -0.15) is 0 Å². The van der Waals surface area contributed by atoms with E-state index in [4.69, 9.17) is 19.9 Å². The first kappa shape index (κ1) is 32.3. The number of tetrazole rings is 1. The molecule has 2 aromatic heterocycles. The summed E-state index contributed by atoms with van der Waals surface area (Å²) >= 11 is 0. The zero-order valence-corrected chi connectivity index (χ0v) is 26.3. The summed E-state index contributed by atoms with van der Waals surface area (Å²) in [7, 11) is 0. The van der Waals surface area contributed by atoms with Crippen LogP contribution in [0, 0.1) is 13.8 Å². The maximum atomic E-state index is 12.9. The molecule has 1 aliphatic rings. The number of anilines is 1. The summed E-state index contributed by atoms with van der Waals surface area (Å²) in [5.41, 5.74) is 5.71. The summed E-state index contributed by atoms with van der Waals surface area (Å²) in [6.07, 6.45) is -0.948. The molecule has 0 radical (unpaired) electrons. The van der Waals surface area contributed by atoms with Crippen LogP contribution < -0.4 is 9.64 Å². The molecule has 0 spiro atoms. The number of hydrogen-bond donors (Lipinski definition) is 2. The van der Waals surface area contributed by atoms with E-state index in [1.807, 2.05) is 62.4 Å². The van der Waals surface area contributed by atoms with Gasteiger partial charge in [-0.3, -0.25) is 20.1 Å². The zero-order chi connectivity index (χ0) is 33.8. The van der Waals surface area contributed by atoms with Crippen molar-refractivity contribution in [2.45, 2.75) is 53.0 Å². The number of hydrogen-bond acceptors (Lipinski definition) is 13. The van der Waals surface area contributed by atoms with Crippen molar-refractivity contribution in [3.05, 3.63) is 101 Å². The predicted molar refractivity (Wildman–Crippen MR) is 168 cm³/mol. The lowest BCUT2D eigenvalue weighted by Gasteiger charge is -2.29. The third kappa shape index (κ3) is 7.19. The summed E-state index contributed by atoms with van der Waals surface area (Å²) in [6.45, 7) is 5.46. The van der Waals surface area contributed by atoms with Crippen molar-refractivity contribution >= 4 is 17.9 Å². The number of para-hydroxylation sites is 1. The average Bonchev–Trinajstić information content (AvgIpc) is 3.57. The lowest BCUT2D eigenvalue weighted by Crippen LogP contribution is -2.36. The molecule has 1 unspecified atom stereocenters. The highest BCUT2D eigenvalue weighted by molar-refractivity contribution is 5.95. The average molecular weight is 653 g/mol. The Bertz CT molecular complexity index is 1950. The van der Waals surface area contributed by atoms with Crippen LogP contribution in [0.3, 0.4) is 0 Å². The molecule has 246 valence electrons. The van der Waals surface area contributed by atoms with E-state index in [1.54, 1.807) is 30.0 Å². The molecule has 1 aliphatic heterocycles. The minimum absolute atomic E-state index is 0.0339. The monoisotopic (exact) mass is 652 g/mol. The van der Waals surface area contributed by atoms with Gasteiger partial charge in [0, 0.05) is 28.8 Å². The lowest BCUT2D eigenvalue weighted by molar-refractivity contribution is -0.497. The van der Waals surface area contributed by atoms with Crippen molar-refractivity contribution < 1.29 is 34.3 Å². The maximum Gasteiger partial charge on any atom is 0.515 e. The number of fused-ring (bicyclic) bond motifs is 1. The maximum absolute atomic E-state index is 12.9. The van der Waals surface area contributed by atoms with Gasteiger partial charge in [0.1, 0.15) is 24.0 Å². The minimum atomic E-state index is -1.04. The van der Waals surface area contributed by atoms with Gasteiger partial charge in [0.2, 0.25) is 18.0 Å². The number of carbonyl (C=O) groups excluding carboxylic acids is 2. The van der Waals surface area contributed by atoms with Crippen LogP contribution in [-0.2, 0) is 33.9 Å². The molecule has 0 aliphatic carbocycles. The van der Waals surface area contributed by atoms with Gasteiger partial charge in [0.25, 0.3) is 0 Å². The van der Waals surface area contributed by atoms with E-state index in [0.29, 0.717) is 48.0 Å². The summed E-state index contributed by atoms with van der Waals surface area (Å²) in [5.74, 6) is 1.78. The second-order valence-corrected chi connectivity index (χ2v) is 11.0. The lowest BCUT2D eigenvalue weighted by atomic mass is 9.98. The molecule has 3 aromatic carbocycles. The molecule has 0 bridgehead atoms. The molecule has 5 aromatic rings. The molecule has 15 heteroatoms. The van der Waals surface area contributed by atoms with E-state index in [-0.39, 0.29) is 18.3 Å². The Balaban J connectivity index is 1.15. The van der Waals surface area contributed by atoms with Gasteiger partial charge >= 0.3 is 6.16 Å². The van der Waals surface area contributed by atoms with Gasteiger partial charge in [-0.1, -0.05) is 66.7 Å². The van der Waals surface area contributed by atoms with Crippen LogP contribution in [0.1, 0.15) is 47.8 Å². The molecule has 0 saturated carbocycles. The first-order valence-electron chi connectivity index (χ1n) is 15.1. The van der Waals surface area contributed by atoms with E-state index >= 15 is 0 Å². The first-order valence-corrected chi connectivity index (χ1v) is 15.1. The Kier molecular flexibility index (Phi) is 9.45. The van der Waals surface area contributed by atoms with Gasteiger partial charge in [0.15, 0.2) is 0 Å². The van der Waals surface area contributed by atoms with E-state index in [1.165, 1.54) is 6.07 Å². The van der Waals surface area contributed by atoms with Crippen LogP contribution >= 0.6 is 0 Å². The number of ether oxygens (including phenoxy) is 2. The van der Waals surface area contributed by atoms with Crippen molar-refractivity contribution in [1.29, 1.82) is 0 Å². The summed E-state index contributed by atoms with van der Waals surface area (Å²) < 4.78 is 10.6. The van der Waals surface area contributed by atoms with Gasteiger partial charge in [-0.15, -0.1) is 15.0 Å². The fourth-order valence-corrected chi connectivity index (χ4v) is 5.42. The molecule has 3 heterocycles. The van der Waals surface area contributed by atoms with Crippen molar-refractivity contribution in [2.24, 2.45) is 0 Å². The van der Waals surface area contributed by atoms with Crippen molar-refractivity contribution in [3.63, 3.8) is 0 Å². The normalized spacial score (nSPS) is 13.4. The second-order valence-electron chi connectivity index (χ2n) is 11.0. The molecule has 2 N–H and O–H groups in total. The van der Waals surface area contributed by atoms with Crippen molar-refractivity contribution in [1.82, 2.24) is 35.6 Å². The van der Waals surface area contributed by atoms with E-state index in [9.17, 15) is 9.59 Å². The summed E-state index contributed by atoms with van der Waals surface area (Å²) in [4.78, 5) is 42.0. The molecular formula is C33H32N8O7. The molecule has 15 nitrogen and oxygen atoms in total. The molecule has 1 amide bonds. The summed E-state index contributed by atoms with van der Waals surface area (Å²) in [6, 6.07) is 21.9. The van der Waals surface area contributed by atoms with E-state index < -0.39 is 17.8 Å². The van der Waals surface area contributed by atoms with E-state index in [2.05, 4.69) is 30.2 Å². The first-order chi connectivity index (χ1) is 23.2. The number of carbonyl (C=O) groups is 2. The van der Waals surface area contributed by atoms with Gasteiger partial charge in [-0.05, 0) is 55.2 Å². The largest absolute Gasteiger partial charge is 0.515 e. The quantitative estimate of drug-likeness (QED) is 0.115. The Morgan fingerprint density at radius 3 is 2.46 bits per heavy atom.